The summed E-state index contributed by atoms with van der Waals surface area (Å²) in [6.07, 6.45) is 5.81. The molecule has 0 aromatic heterocycles. The molecule has 4 heteroatoms. The summed E-state index contributed by atoms with van der Waals surface area (Å²) in [5, 5.41) is 4.49. The van der Waals surface area contributed by atoms with Crippen molar-refractivity contribution in [3.63, 3.8) is 0 Å². The number of carbonyl (C=O) groups is 1. The molecule has 0 saturated heterocycles. The van der Waals surface area contributed by atoms with E-state index < -0.39 is 0 Å². The molecule has 1 rings (SSSR count). The minimum absolute atomic E-state index is 0.0570. The normalized spacial score (nSPS) is 12.8. The summed E-state index contributed by atoms with van der Waals surface area (Å²) in [5.74, 6) is 5.74. The highest BCUT2D eigenvalue weighted by atomic mass is 16.1. The van der Waals surface area contributed by atoms with E-state index in [2.05, 4.69) is 32.2 Å². The quantitative estimate of drug-likeness (QED) is 0.490. The molecular weight excluding hydrogens is 298 g/mol. The molecule has 0 unspecified atom stereocenters. The van der Waals surface area contributed by atoms with Gasteiger partial charge in [0.25, 0.3) is 5.91 Å². The van der Waals surface area contributed by atoms with Crippen LogP contribution in [-0.2, 0) is 5.41 Å². The first-order chi connectivity index (χ1) is 11.0. The Balaban J connectivity index is 3.51. The summed E-state index contributed by atoms with van der Waals surface area (Å²) in [6.45, 7) is 12.3. The molecule has 0 atom stereocenters. The van der Waals surface area contributed by atoms with Crippen LogP contribution in [0.3, 0.4) is 0 Å². The van der Waals surface area contributed by atoms with Crippen LogP contribution in [0, 0.1) is 0 Å². The third-order valence-corrected chi connectivity index (χ3v) is 3.50. The van der Waals surface area contributed by atoms with Crippen molar-refractivity contribution in [1.82, 2.24) is 10.3 Å². The van der Waals surface area contributed by atoms with Gasteiger partial charge in [-0.3, -0.25) is 4.79 Å². The molecule has 0 fully saturated rings. The van der Waals surface area contributed by atoms with E-state index in [0.717, 1.165) is 16.7 Å². The van der Waals surface area contributed by atoms with Gasteiger partial charge in [-0.1, -0.05) is 39.0 Å². The summed E-state index contributed by atoms with van der Waals surface area (Å²) < 4.78 is 0. The van der Waals surface area contributed by atoms with Gasteiger partial charge in [0.05, 0.1) is 0 Å². The highest BCUT2D eigenvalue weighted by Gasteiger charge is 2.18. The number of carbonyl (C=O) groups excluding carboxylic acids is 1. The van der Waals surface area contributed by atoms with E-state index in [9.17, 15) is 4.79 Å². The molecule has 0 saturated carbocycles. The molecule has 132 valence electrons. The Bertz CT molecular complexity index is 635. The van der Waals surface area contributed by atoms with Crippen LogP contribution in [0.2, 0.25) is 0 Å². The van der Waals surface area contributed by atoms with Crippen molar-refractivity contribution in [1.29, 1.82) is 0 Å². The van der Waals surface area contributed by atoms with Crippen LogP contribution in [0.15, 0.2) is 36.6 Å². The number of hydrogen-bond donors (Lipinski definition) is 2. The molecule has 0 aliphatic rings. The van der Waals surface area contributed by atoms with Crippen LogP contribution < -0.4 is 11.2 Å². The van der Waals surface area contributed by atoms with Crippen molar-refractivity contribution < 1.29 is 4.79 Å². The van der Waals surface area contributed by atoms with E-state index >= 15 is 0 Å². The number of allylic oxidation sites excluding steroid dienone is 3. The lowest BCUT2D eigenvalue weighted by Crippen LogP contribution is -2.30. The first-order valence-corrected chi connectivity index (χ1v) is 8.33. The Kier molecular flexibility index (Phi) is 6.79. The van der Waals surface area contributed by atoms with Gasteiger partial charge in [0.2, 0.25) is 0 Å². The van der Waals surface area contributed by atoms with Gasteiger partial charge in [0.15, 0.2) is 0 Å². The maximum absolute atomic E-state index is 12.5. The first-order valence-electron chi connectivity index (χ1n) is 8.33. The van der Waals surface area contributed by atoms with Gasteiger partial charge in [0.1, 0.15) is 0 Å². The fourth-order valence-electron chi connectivity index (χ4n) is 2.32. The average Bonchev–Trinajstić information content (AvgIpc) is 2.44. The van der Waals surface area contributed by atoms with Crippen molar-refractivity contribution in [2.24, 2.45) is 5.84 Å². The second kappa shape index (κ2) is 8.15. The van der Waals surface area contributed by atoms with E-state index in [-0.39, 0.29) is 17.4 Å². The zero-order valence-electron chi connectivity index (χ0n) is 16.0. The predicted molar refractivity (Wildman–Crippen MR) is 102 cm³/mol. The largest absolute Gasteiger partial charge is 0.350 e. The second-order valence-corrected chi connectivity index (χ2v) is 7.43. The van der Waals surface area contributed by atoms with E-state index in [1.807, 2.05) is 51.3 Å². The standard InChI is InChI=1S/C20H31N3O/c1-8-9-15(13-23(7)21)16-10-17(19(24)22-14(2)3)12-18(11-16)20(4,5)6/h8-14H,21H2,1-7H3,(H,22,24)/b9-8-,15-13+. The van der Waals surface area contributed by atoms with E-state index in [0.29, 0.717) is 5.56 Å². The molecule has 1 amide bonds. The fraction of sp³-hybridized carbons (Fsp3) is 0.450. The third kappa shape index (κ3) is 5.85. The summed E-state index contributed by atoms with van der Waals surface area (Å²) in [7, 11) is 1.78. The zero-order valence-corrected chi connectivity index (χ0v) is 16.0. The van der Waals surface area contributed by atoms with Crippen molar-refractivity contribution in [3.05, 3.63) is 53.2 Å². The number of benzene rings is 1. The molecule has 0 heterocycles. The van der Waals surface area contributed by atoms with Crippen LogP contribution >= 0.6 is 0 Å². The van der Waals surface area contributed by atoms with Gasteiger partial charge in [-0.05, 0) is 55.0 Å². The van der Waals surface area contributed by atoms with E-state index in [1.54, 1.807) is 7.05 Å². The second-order valence-electron chi connectivity index (χ2n) is 7.43. The molecule has 0 radical (unpaired) electrons. The molecule has 1 aromatic carbocycles. The monoisotopic (exact) mass is 329 g/mol. The van der Waals surface area contributed by atoms with Crippen LogP contribution in [0.25, 0.3) is 5.57 Å². The van der Waals surface area contributed by atoms with Crippen molar-refractivity contribution >= 4 is 11.5 Å². The number of rotatable bonds is 5. The average molecular weight is 329 g/mol. The van der Waals surface area contributed by atoms with Crippen molar-refractivity contribution in [2.75, 3.05) is 7.05 Å². The molecule has 0 aliphatic heterocycles. The number of nitrogens with zero attached hydrogens (tertiary/aromatic N) is 1. The summed E-state index contributed by atoms with van der Waals surface area (Å²) in [5.41, 5.74) is 3.67. The molecule has 0 aliphatic carbocycles. The number of hydrogen-bond acceptors (Lipinski definition) is 3. The van der Waals surface area contributed by atoms with Crippen molar-refractivity contribution in [3.8, 4) is 0 Å². The fourth-order valence-corrected chi connectivity index (χ4v) is 2.32. The van der Waals surface area contributed by atoms with Gasteiger partial charge in [-0.25, -0.2) is 5.84 Å². The highest BCUT2D eigenvalue weighted by molar-refractivity contribution is 5.96. The van der Waals surface area contributed by atoms with Crippen molar-refractivity contribution in [2.45, 2.75) is 53.0 Å². The SMILES string of the molecule is C/C=C\C(=C/N(C)N)c1cc(C(=O)NC(C)C)cc(C(C)(C)C)c1. The van der Waals surface area contributed by atoms with Crippen LogP contribution in [0.1, 0.15) is 63.0 Å². The first kappa shape index (κ1) is 20.0. The summed E-state index contributed by atoms with van der Waals surface area (Å²) >= 11 is 0. The third-order valence-electron chi connectivity index (χ3n) is 3.50. The van der Waals surface area contributed by atoms with Gasteiger partial charge in [-0.15, -0.1) is 0 Å². The summed E-state index contributed by atoms with van der Waals surface area (Å²) in [6, 6.07) is 6.12. The van der Waals surface area contributed by atoms with E-state index in [4.69, 9.17) is 5.84 Å². The zero-order chi connectivity index (χ0) is 18.5. The molecular formula is C20H31N3O. The lowest BCUT2D eigenvalue weighted by atomic mass is 9.84. The summed E-state index contributed by atoms with van der Waals surface area (Å²) in [4.78, 5) is 12.5. The minimum Gasteiger partial charge on any atom is -0.350 e. The topological polar surface area (TPSA) is 58.4 Å². The molecule has 0 bridgehead atoms. The highest BCUT2D eigenvalue weighted by Crippen LogP contribution is 2.28. The molecule has 1 aromatic rings. The van der Waals surface area contributed by atoms with E-state index in [1.165, 1.54) is 5.01 Å². The Morgan fingerprint density at radius 2 is 1.79 bits per heavy atom. The lowest BCUT2D eigenvalue weighted by Gasteiger charge is -2.22. The Morgan fingerprint density at radius 1 is 1.21 bits per heavy atom. The predicted octanol–water partition coefficient (Wildman–Crippen LogP) is 3.84. The van der Waals surface area contributed by atoms with Gasteiger partial charge in [-0.2, -0.15) is 0 Å². The minimum atomic E-state index is -0.0571. The maximum Gasteiger partial charge on any atom is 0.251 e. The number of nitrogens with one attached hydrogen (secondary N) is 1. The lowest BCUT2D eigenvalue weighted by molar-refractivity contribution is 0.0943. The molecule has 3 N–H and O–H groups in total. The molecule has 4 nitrogen and oxygen atoms in total. The van der Waals surface area contributed by atoms with Crippen LogP contribution in [0.4, 0.5) is 0 Å². The van der Waals surface area contributed by atoms with Gasteiger partial charge >= 0.3 is 0 Å². The van der Waals surface area contributed by atoms with Gasteiger partial charge in [0, 0.05) is 24.9 Å². The number of nitrogens with two attached hydrogens (primary N) is 1. The van der Waals surface area contributed by atoms with Gasteiger partial charge < -0.3 is 10.3 Å². The van der Waals surface area contributed by atoms with Crippen LogP contribution in [-0.4, -0.2) is 24.0 Å². The Labute approximate surface area is 146 Å². The molecule has 0 spiro atoms. The Hall–Kier alpha value is -2.07. The Morgan fingerprint density at radius 3 is 2.25 bits per heavy atom. The van der Waals surface area contributed by atoms with Crippen LogP contribution in [0.5, 0.6) is 0 Å². The maximum atomic E-state index is 12.5. The molecule has 24 heavy (non-hydrogen) atoms. The smallest absolute Gasteiger partial charge is 0.251 e. The number of amides is 1. The number of hydrazine groups is 1.